The Balaban J connectivity index is 2.62. The minimum absolute atomic E-state index is 0.548. The Morgan fingerprint density at radius 3 is 2.62 bits per heavy atom. The summed E-state index contributed by atoms with van der Waals surface area (Å²) in [5, 5.41) is 3.38. The van der Waals surface area contributed by atoms with Crippen molar-refractivity contribution in [1.29, 1.82) is 0 Å². The predicted octanol–water partition coefficient (Wildman–Crippen LogP) is 2.87. The molecule has 0 aliphatic heterocycles. The molecule has 0 radical (unpaired) electrons. The summed E-state index contributed by atoms with van der Waals surface area (Å²) in [6.45, 7) is 4.52. The highest BCUT2D eigenvalue weighted by molar-refractivity contribution is 5.28. The highest BCUT2D eigenvalue weighted by Gasteiger charge is 2.09. The summed E-state index contributed by atoms with van der Waals surface area (Å²) in [7, 11) is 3.75. The molecule has 16 heavy (non-hydrogen) atoms. The van der Waals surface area contributed by atoms with Crippen molar-refractivity contribution in [1.82, 2.24) is 5.32 Å². The zero-order valence-electron chi connectivity index (χ0n) is 10.8. The number of hydrogen-bond donors (Lipinski definition) is 1. The first-order chi connectivity index (χ1) is 7.65. The van der Waals surface area contributed by atoms with E-state index in [1.165, 1.54) is 12.0 Å². The molecule has 0 saturated carbocycles. The number of rotatable bonds is 6. The molecule has 0 bridgehead atoms. The van der Waals surface area contributed by atoms with E-state index in [0.29, 0.717) is 6.04 Å². The molecule has 0 fully saturated rings. The average molecular weight is 221 g/mol. The third kappa shape index (κ3) is 4.23. The first-order valence-electron chi connectivity index (χ1n) is 5.96. The van der Waals surface area contributed by atoms with Crippen LogP contribution in [-0.4, -0.2) is 20.2 Å². The summed E-state index contributed by atoms with van der Waals surface area (Å²) in [4.78, 5) is 0. The summed E-state index contributed by atoms with van der Waals surface area (Å²) in [6.07, 6.45) is 2.26. The van der Waals surface area contributed by atoms with Crippen LogP contribution in [-0.2, 0) is 6.42 Å². The molecule has 2 nitrogen and oxygen atoms in total. The van der Waals surface area contributed by atoms with Crippen LogP contribution in [0.1, 0.15) is 25.8 Å². The number of methoxy groups -OCH3 is 1. The molecule has 0 amide bonds. The van der Waals surface area contributed by atoms with Crippen molar-refractivity contribution in [2.75, 3.05) is 14.2 Å². The smallest absolute Gasteiger partial charge is 0.119 e. The van der Waals surface area contributed by atoms with E-state index >= 15 is 0 Å². The Morgan fingerprint density at radius 2 is 2.06 bits per heavy atom. The maximum Gasteiger partial charge on any atom is 0.119 e. The second-order valence-electron chi connectivity index (χ2n) is 4.67. The van der Waals surface area contributed by atoms with E-state index in [4.69, 9.17) is 4.74 Å². The molecule has 2 heteroatoms. The molecule has 0 aromatic heterocycles. The van der Waals surface area contributed by atoms with E-state index < -0.39 is 0 Å². The van der Waals surface area contributed by atoms with Crippen LogP contribution in [0, 0.1) is 5.92 Å². The summed E-state index contributed by atoms with van der Waals surface area (Å²) in [5.41, 5.74) is 1.33. The van der Waals surface area contributed by atoms with Gasteiger partial charge in [-0.15, -0.1) is 0 Å². The first-order valence-corrected chi connectivity index (χ1v) is 5.96. The summed E-state index contributed by atoms with van der Waals surface area (Å²) in [5.74, 6) is 1.67. The maximum atomic E-state index is 5.23. The molecule has 0 saturated heterocycles. The fourth-order valence-corrected chi connectivity index (χ4v) is 1.96. The Hall–Kier alpha value is -1.02. The van der Waals surface area contributed by atoms with Gasteiger partial charge in [0.15, 0.2) is 0 Å². The highest BCUT2D eigenvalue weighted by Crippen LogP contribution is 2.16. The van der Waals surface area contributed by atoms with E-state index in [9.17, 15) is 0 Å². The number of nitrogens with one attached hydrogen (secondary N) is 1. The van der Waals surface area contributed by atoms with Gasteiger partial charge in [0.05, 0.1) is 7.11 Å². The molecule has 1 aromatic rings. The monoisotopic (exact) mass is 221 g/mol. The van der Waals surface area contributed by atoms with Gasteiger partial charge in [0.2, 0.25) is 0 Å². The van der Waals surface area contributed by atoms with Crippen LogP contribution in [0.15, 0.2) is 24.3 Å². The summed E-state index contributed by atoms with van der Waals surface area (Å²) < 4.78 is 5.23. The van der Waals surface area contributed by atoms with Crippen LogP contribution >= 0.6 is 0 Å². The Morgan fingerprint density at radius 1 is 1.31 bits per heavy atom. The van der Waals surface area contributed by atoms with Gasteiger partial charge >= 0.3 is 0 Å². The molecule has 0 aliphatic carbocycles. The van der Waals surface area contributed by atoms with Crippen molar-refractivity contribution in [2.45, 2.75) is 32.7 Å². The SMILES string of the molecule is CNC(Cc1cccc(OC)c1)CC(C)C. The zero-order valence-corrected chi connectivity index (χ0v) is 10.8. The van der Waals surface area contributed by atoms with Crippen LogP contribution in [0.4, 0.5) is 0 Å². The molecule has 0 heterocycles. The van der Waals surface area contributed by atoms with Crippen molar-refractivity contribution in [2.24, 2.45) is 5.92 Å². The van der Waals surface area contributed by atoms with Crippen LogP contribution in [0.3, 0.4) is 0 Å². The molecule has 1 N–H and O–H groups in total. The van der Waals surface area contributed by atoms with Gasteiger partial charge in [0.25, 0.3) is 0 Å². The van der Waals surface area contributed by atoms with Crippen LogP contribution < -0.4 is 10.1 Å². The summed E-state index contributed by atoms with van der Waals surface area (Å²) in [6, 6.07) is 8.86. The minimum atomic E-state index is 0.548. The molecular weight excluding hydrogens is 198 g/mol. The number of hydrogen-bond acceptors (Lipinski definition) is 2. The highest BCUT2D eigenvalue weighted by atomic mass is 16.5. The molecular formula is C14H23NO. The Labute approximate surface area is 99.0 Å². The lowest BCUT2D eigenvalue weighted by atomic mass is 9.97. The van der Waals surface area contributed by atoms with Crippen LogP contribution in [0.2, 0.25) is 0 Å². The fraction of sp³-hybridized carbons (Fsp3) is 0.571. The van der Waals surface area contributed by atoms with E-state index in [-0.39, 0.29) is 0 Å². The number of likely N-dealkylation sites (N-methyl/N-ethyl adjacent to an activating group) is 1. The van der Waals surface area contributed by atoms with Crippen molar-refractivity contribution < 1.29 is 4.74 Å². The van der Waals surface area contributed by atoms with Gasteiger partial charge in [-0.1, -0.05) is 26.0 Å². The largest absolute Gasteiger partial charge is 0.497 e. The van der Waals surface area contributed by atoms with Gasteiger partial charge < -0.3 is 10.1 Å². The zero-order chi connectivity index (χ0) is 12.0. The molecule has 0 aliphatic rings. The van der Waals surface area contributed by atoms with Gasteiger partial charge in [-0.3, -0.25) is 0 Å². The normalized spacial score (nSPS) is 12.8. The molecule has 1 rings (SSSR count). The van der Waals surface area contributed by atoms with Crippen LogP contribution in [0.5, 0.6) is 5.75 Å². The Bertz CT molecular complexity index is 309. The minimum Gasteiger partial charge on any atom is -0.497 e. The van der Waals surface area contributed by atoms with E-state index in [1.54, 1.807) is 7.11 Å². The van der Waals surface area contributed by atoms with Gasteiger partial charge in [0, 0.05) is 6.04 Å². The lowest BCUT2D eigenvalue weighted by molar-refractivity contribution is 0.412. The molecule has 0 spiro atoms. The van der Waals surface area contributed by atoms with Crippen molar-refractivity contribution in [3.05, 3.63) is 29.8 Å². The predicted molar refractivity (Wildman–Crippen MR) is 69.0 cm³/mol. The van der Waals surface area contributed by atoms with Crippen molar-refractivity contribution in [3.8, 4) is 5.75 Å². The number of benzene rings is 1. The lowest BCUT2D eigenvalue weighted by Crippen LogP contribution is -2.29. The average Bonchev–Trinajstić information content (AvgIpc) is 2.28. The van der Waals surface area contributed by atoms with E-state index in [0.717, 1.165) is 18.1 Å². The molecule has 1 aromatic carbocycles. The second kappa shape index (κ2) is 6.54. The van der Waals surface area contributed by atoms with Gasteiger partial charge in [-0.25, -0.2) is 0 Å². The Kier molecular flexibility index (Phi) is 5.33. The lowest BCUT2D eigenvalue weighted by Gasteiger charge is -2.18. The fourth-order valence-electron chi connectivity index (χ4n) is 1.96. The topological polar surface area (TPSA) is 21.3 Å². The summed E-state index contributed by atoms with van der Waals surface area (Å²) >= 11 is 0. The molecule has 90 valence electrons. The van der Waals surface area contributed by atoms with Crippen molar-refractivity contribution >= 4 is 0 Å². The molecule has 1 unspecified atom stereocenters. The van der Waals surface area contributed by atoms with Gasteiger partial charge in [-0.2, -0.15) is 0 Å². The van der Waals surface area contributed by atoms with Crippen molar-refractivity contribution in [3.63, 3.8) is 0 Å². The van der Waals surface area contributed by atoms with E-state index in [1.807, 2.05) is 13.1 Å². The third-order valence-electron chi connectivity index (χ3n) is 2.78. The quantitative estimate of drug-likeness (QED) is 0.797. The number of ether oxygens (including phenoxy) is 1. The maximum absolute atomic E-state index is 5.23. The van der Waals surface area contributed by atoms with Gasteiger partial charge in [0.1, 0.15) is 5.75 Å². The standard InChI is InChI=1S/C14H23NO/c1-11(2)8-13(15-3)9-12-6-5-7-14(10-12)16-4/h5-7,10-11,13,15H,8-9H2,1-4H3. The molecule has 1 atom stereocenters. The second-order valence-corrected chi connectivity index (χ2v) is 4.67. The van der Waals surface area contributed by atoms with E-state index in [2.05, 4.69) is 37.4 Å². The third-order valence-corrected chi connectivity index (χ3v) is 2.78. The van der Waals surface area contributed by atoms with Gasteiger partial charge in [-0.05, 0) is 43.5 Å². The van der Waals surface area contributed by atoms with Crippen LogP contribution in [0.25, 0.3) is 0 Å². The first kappa shape index (κ1) is 13.0.